The molecule has 0 radical (unpaired) electrons. The van der Waals surface area contributed by atoms with E-state index in [0.717, 1.165) is 6.54 Å². The van der Waals surface area contributed by atoms with Gasteiger partial charge in [0, 0.05) is 6.54 Å². The molecule has 1 aromatic rings. The van der Waals surface area contributed by atoms with Gasteiger partial charge < -0.3 is 15.5 Å². The highest BCUT2D eigenvalue weighted by Crippen LogP contribution is 2.25. The summed E-state index contributed by atoms with van der Waals surface area (Å²) in [4.78, 5) is 11.6. The van der Waals surface area contributed by atoms with Gasteiger partial charge in [-0.05, 0) is 24.8 Å². The summed E-state index contributed by atoms with van der Waals surface area (Å²) >= 11 is 0. The summed E-state index contributed by atoms with van der Waals surface area (Å²) in [5, 5.41) is 2.90. The molecule has 82 valence electrons. The molecular weight excluding hydrogens is 192 g/mol. The molecule has 0 spiro atoms. The Morgan fingerprint density at radius 2 is 2.40 bits per heavy atom. The summed E-state index contributed by atoms with van der Waals surface area (Å²) in [5.41, 5.74) is 5.96. The standard InChI is InChI=1S/C11H16N2O2/c12-5-10-4-9(7-15-10)11(14)13-6-8-2-1-3-8/h4,7-8H,1-3,5-6,12H2,(H,13,14). The summed E-state index contributed by atoms with van der Waals surface area (Å²) in [5.74, 6) is 1.25. The average Bonchev–Trinajstić information content (AvgIpc) is 2.63. The highest BCUT2D eigenvalue weighted by molar-refractivity contribution is 5.93. The quantitative estimate of drug-likeness (QED) is 0.782. The molecule has 0 aliphatic heterocycles. The molecular formula is C11H16N2O2. The lowest BCUT2D eigenvalue weighted by atomic mass is 9.85. The fourth-order valence-electron chi connectivity index (χ4n) is 1.64. The molecule has 1 aliphatic rings. The second-order valence-corrected chi connectivity index (χ2v) is 4.01. The third-order valence-corrected chi connectivity index (χ3v) is 2.89. The fraction of sp³-hybridized carbons (Fsp3) is 0.545. The van der Waals surface area contributed by atoms with Crippen LogP contribution in [0.3, 0.4) is 0 Å². The van der Waals surface area contributed by atoms with Gasteiger partial charge in [0.1, 0.15) is 12.0 Å². The van der Waals surface area contributed by atoms with Crippen LogP contribution in [-0.4, -0.2) is 12.5 Å². The molecule has 1 amide bonds. The van der Waals surface area contributed by atoms with E-state index in [9.17, 15) is 4.79 Å². The van der Waals surface area contributed by atoms with Gasteiger partial charge in [-0.3, -0.25) is 4.79 Å². The van der Waals surface area contributed by atoms with E-state index in [4.69, 9.17) is 10.2 Å². The molecule has 0 atom stereocenters. The van der Waals surface area contributed by atoms with E-state index in [-0.39, 0.29) is 5.91 Å². The summed E-state index contributed by atoms with van der Waals surface area (Å²) in [7, 11) is 0. The number of hydrogen-bond acceptors (Lipinski definition) is 3. The van der Waals surface area contributed by atoms with Crippen LogP contribution in [0.2, 0.25) is 0 Å². The number of nitrogens with one attached hydrogen (secondary N) is 1. The fourth-order valence-corrected chi connectivity index (χ4v) is 1.64. The van der Waals surface area contributed by atoms with E-state index in [1.54, 1.807) is 6.07 Å². The number of amides is 1. The lowest BCUT2D eigenvalue weighted by molar-refractivity contribution is 0.0938. The molecule has 4 heteroatoms. The smallest absolute Gasteiger partial charge is 0.254 e. The predicted molar refractivity (Wildman–Crippen MR) is 56.3 cm³/mol. The summed E-state index contributed by atoms with van der Waals surface area (Å²) in [6, 6.07) is 1.69. The molecule has 2 rings (SSSR count). The largest absolute Gasteiger partial charge is 0.467 e. The van der Waals surface area contributed by atoms with Crippen LogP contribution in [-0.2, 0) is 6.54 Å². The Labute approximate surface area is 88.8 Å². The summed E-state index contributed by atoms with van der Waals surface area (Å²) in [6.07, 6.45) is 5.22. The maximum Gasteiger partial charge on any atom is 0.254 e. The molecule has 0 saturated heterocycles. The van der Waals surface area contributed by atoms with Crippen LogP contribution in [0.1, 0.15) is 35.4 Å². The lowest BCUT2D eigenvalue weighted by Crippen LogP contribution is -2.31. The first-order chi connectivity index (χ1) is 7.29. The zero-order chi connectivity index (χ0) is 10.7. The first-order valence-electron chi connectivity index (χ1n) is 5.35. The Kier molecular flexibility index (Phi) is 3.06. The molecule has 0 bridgehead atoms. The van der Waals surface area contributed by atoms with Crippen molar-refractivity contribution in [3.8, 4) is 0 Å². The van der Waals surface area contributed by atoms with Crippen molar-refractivity contribution in [3.05, 3.63) is 23.7 Å². The first kappa shape index (κ1) is 10.2. The highest BCUT2D eigenvalue weighted by Gasteiger charge is 2.18. The first-order valence-corrected chi connectivity index (χ1v) is 5.35. The molecule has 15 heavy (non-hydrogen) atoms. The van der Waals surface area contributed by atoms with Crippen molar-refractivity contribution in [2.24, 2.45) is 11.7 Å². The second-order valence-electron chi connectivity index (χ2n) is 4.01. The van der Waals surface area contributed by atoms with Crippen LogP contribution in [0.4, 0.5) is 0 Å². The van der Waals surface area contributed by atoms with Gasteiger partial charge in [0.25, 0.3) is 5.91 Å². The van der Waals surface area contributed by atoms with E-state index in [0.29, 0.717) is 23.8 Å². The van der Waals surface area contributed by atoms with Crippen LogP contribution >= 0.6 is 0 Å². The molecule has 1 saturated carbocycles. The van der Waals surface area contributed by atoms with Crippen molar-refractivity contribution in [1.29, 1.82) is 0 Å². The number of furan rings is 1. The van der Waals surface area contributed by atoms with Crippen LogP contribution in [0.25, 0.3) is 0 Å². The minimum atomic E-state index is -0.0645. The molecule has 0 unspecified atom stereocenters. The monoisotopic (exact) mass is 208 g/mol. The second kappa shape index (κ2) is 4.49. The van der Waals surface area contributed by atoms with E-state index >= 15 is 0 Å². The zero-order valence-corrected chi connectivity index (χ0v) is 8.66. The predicted octanol–water partition coefficient (Wildman–Crippen LogP) is 1.27. The van der Waals surface area contributed by atoms with Gasteiger partial charge in [-0.1, -0.05) is 6.42 Å². The van der Waals surface area contributed by atoms with Crippen LogP contribution < -0.4 is 11.1 Å². The van der Waals surface area contributed by atoms with Gasteiger partial charge >= 0.3 is 0 Å². The third kappa shape index (κ3) is 2.39. The van der Waals surface area contributed by atoms with Gasteiger partial charge in [-0.25, -0.2) is 0 Å². The maximum atomic E-state index is 11.6. The van der Waals surface area contributed by atoms with Crippen molar-refractivity contribution in [1.82, 2.24) is 5.32 Å². The Morgan fingerprint density at radius 3 is 2.93 bits per heavy atom. The highest BCUT2D eigenvalue weighted by atomic mass is 16.3. The minimum Gasteiger partial charge on any atom is -0.467 e. The maximum absolute atomic E-state index is 11.6. The van der Waals surface area contributed by atoms with Crippen molar-refractivity contribution in [2.75, 3.05) is 6.54 Å². The molecule has 1 aromatic heterocycles. The van der Waals surface area contributed by atoms with Crippen molar-refractivity contribution in [3.63, 3.8) is 0 Å². The van der Waals surface area contributed by atoms with E-state index < -0.39 is 0 Å². The Hall–Kier alpha value is -1.29. The number of hydrogen-bond donors (Lipinski definition) is 2. The lowest BCUT2D eigenvalue weighted by Gasteiger charge is -2.25. The number of rotatable bonds is 4. The van der Waals surface area contributed by atoms with Crippen molar-refractivity contribution < 1.29 is 9.21 Å². The van der Waals surface area contributed by atoms with Crippen LogP contribution in [0, 0.1) is 5.92 Å². The molecule has 3 N–H and O–H groups in total. The molecule has 1 aliphatic carbocycles. The van der Waals surface area contributed by atoms with Gasteiger partial charge in [0.15, 0.2) is 0 Å². The third-order valence-electron chi connectivity index (χ3n) is 2.89. The zero-order valence-electron chi connectivity index (χ0n) is 8.66. The molecule has 4 nitrogen and oxygen atoms in total. The molecule has 1 fully saturated rings. The van der Waals surface area contributed by atoms with Gasteiger partial charge in [0.2, 0.25) is 0 Å². The molecule has 0 aromatic carbocycles. The van der Waals surface area contributed by atoms with Gasteiger partial charge in [-0.2, -0.15) is 0 Å². The van der Waals surface area contributed by atoms with E-state index in [1.165, 1.54) is 25.5 Å². The Balaban J connectivity index is 1.83. The van der Waals surface area contributed by atoms with Crippen LogP contribution in [0.5, 0.6) is 0 Å². The van der Waals surface area contributed by atoms with Gasteiger partial charge in [-0.15, -0.1) is 0 Å². The number of carbonyl (C=O) groups is 1. The van der Waals surface area contributed by atoms with Crippen LogP contribution in [0.15, 0.2) is 16.7 Å². The molecule has 1 heterocycles. The Morgan fingerprint density at radius 1 is 1.60 bits per heavy atom. The minimum absolute atomic E-state index is 0.0645. The average molecular weight is 208 g/mol. The SMILES string of the molecule is NCc1cc(C(=O)NCC2CCC2)co1. The summed E-state index contributed by atoms with van der Waals surface area (Å²) < 4.78 is 5.10. The topological polar surface area (TPSA) is 68.3 Å². The Bertz CT molecular complexity index is 342. The van der Waals surface area contributed by atoms with E-state index in [2.05, 4.69) is 5.32 Å². The normalized spacial score (nSPS) is 16.1. The number of carbonyl (C=O) groups excluding carboxylic acids is 1. The van der Waals surface area contributed by atoms with Gasteiger partial charge in [0.05, 0.1) is 12.1 Å². The van der Waals surface area contributed by atoms with E-state index in [1.807, 2.05) is 0 Å². The van der Waals surface area contributed by atoms with Crippen molar-refractivity contribution in [2.45, 2.75) is 25.8 Å². The summed E-state index contributed by atoms with van der Waals surface area (Å²) in [6.45, 7) is 1.11. The number of nitrogens with two attached hydrogens (primary N) is 1. The van der Waals surface area contributed by atoms with Crippen molar-refractivity contribution >= 4 is 5.91 Å².